The number of rotatable bonds is 8. The molecule has 0 aliphatic heterocycles. The molecule has 0 radical (unpaired) electrons. The van der Waals surface area contributed by atoms with E-state index in [0.717, 1.165) is 5.56 Å². The van der Waals surface area contributed by atoms with E-state index in [1.54, 1.807) is 18.2 Å². The Bertz CT molecular complexity index is 966. The largest absolute Gasteiger partial charge is 0.461 e. The smallest absolute Gasteiger partial charge is 0.345 e. The molecule has 10 heteroatoms. The van der Waals surface area contributed by atoms with Crippen molar-refractivity contribution in [2.45, 2.75) is 13.2 Å². The van der Waals surface area contributed by atoms with E-state index >= 15 is 0 Å². The van der Waals surface area contributed by atoms with Crippen LogP contribution in [0.4, 0.5) is 8.78 Å². The zero-order valence-electron chi connectivity index (χ0n) is 14.5. The van der Waals surface area contributed by atoms with Crippen molar-refractivity contribution in [2.75, 3.05) is 13.2 Å². The lowest BCUT2D eigenvalue weighted by Gasteiger charge is -2.08. The lowest BCUT2D eigenvalue weighted by molar-refractivity contribution is -0.133. The summed E-state index contributed by atoms with van der Waals surface area (Å²) in [7, 11) is 0. The summed E-state index contributed by atoms with van der Waals surface area (Å²) >= 11 is 5.87. The Hall–Kier alpha value is -2.91. The average Bonchev–Trinajstić information content (AvgIpc) is 2.69. The van der Waals surface area contributed by atoms with Crippen LogP contribution in [0.2, 0.25) is 5.02 Å². The SMILES string of the molecule is O=c1ccc(-c2cnc(OCCOC(F)F)nc2)nn1Cc1ccc(Cl)cc1. The van der Waals surface area contributed by atoms with Gasteiger partial charge in [-0.1, -0.05) is 23.7 Å². The van der Waals surface area contributed by atoms with Gasteiger partial charge < -0.3 is 9.47 Å². The summed E-state index contributed by atoms with van der Waals surface area (Å²) in [5.41, 5.74) is 1.70. The van der Waals surface area contributed by atoms with Crippen molar-refractivity contribution in [1.29, 1.82) is 0 Å². The maximum Gasteiger partial charge on any atom is 0.345 e. The van der Waals surface area contributed by atoms with Crippen molar-refractivity contribution in [3.05, 3.63) is 69.7 Å². The lowest BCUT2D eigenvalue weighted by atomic mass is 10.2. The molecule has 0 spiro atoms. The molecule has 1 aromatic carbocycles. The van der Waals surface area contributed by atoms with Gasteiger partial charge >= 0.3 is 12.6 Å². The standard InChI is InChI=1S/C18H15ClF2N4O3/c19-14-3-1-12(2-4-14)11-25-16(26)6-5-15(24-25)13-9-22-18(23-10-13)28-8-7-27-17(20)21/h1-6,9-10,17H,7-8,11H2. The molecule has 0 bridgehead atoms. The molecule has 3 aromatic rings. The molecular formula is C18H15ClF2N4O3. The number of aromatic nitrogens is 4. The molecule has 0 saturated heterocycles. The van der Waals surface area contributed by atoms with Crippen LogP contribution in [-0.2, 0) is 11.3 Å². The number of hydrogen-bond donors (Lipinski definition) is 0. The fourth-order valence-electron chi connectivity index (χ4n) is 2.27. The quantitative estimate of drug-likeness (QED) is 0.533. The highest BCUT2D eigenvalue weighted by Crippen LogP contribution is 2.15. The van der Waals surface area contributed by atoms with Crippen LogP contribution >= 0.6 is 11.6 Å². The van der Waals surface area contributed by atoms with Gasteiger partial charge in [-0.15, -0.1) is 0 Å². The Morgan fingerprint density at radius 1 is 1.04 bits per heavy atom. The molecule has 0 aliphatic carbocycles. The van der Waals surface area contributed by atoms with Crippen LogP contribution in [0.5, 0.6) is 6.01 Å². The van der Waals surface area contributed by atoms with Gasteiger partial charge in [-0.3, -0.25) is 4.79 Å². The summed E-state index contributed by atoms with van der Waals surface area (Å²) in [4.78, 5) is 20.1. The predicted octanol–water partition coefficient (Wildman–Crippen LogP) is 3.02. The Morgan fingerprint density at radius 3 is 2.43 bits per heavy atom. The zero-order valence-corrected chi connectivity index (χ0v) is 15.2. The second kappa shape index (κ2) is 9.34. The number of halogens is 3. The first kappa shape index (κ1) is 19.8. The number of alkyl halides is 2. The van der Waals surface area contributed by atoms with Crippen LogP contribution in [-0.4, -0.2) is 39.6 Å². The summed E-state index contributed by atoms with van der Waals surface area (Å²) in [6.45, 7) is -2.94. The van der Waals surface area contributed by atoms with E-state index in [0.29, 0.717) is 16.3 Å². The molecule has 0 atom stereocenters. The monoisotopic (exact) mass is 408 g/mol. The van der Waals surface area contributed by atoms with Crippen LogP contribution in [0.3, 0.4) is 0 Å². The van der Waals surface area contributed by atoms with Crippen LogP contribution in [0.25, 0.3) is 11.3 Å². The highest BCUT2D eigenvalue weighted by molar-refractivity contribution is 6.30. The van der Waals surface area contributed by atoms with Gasteiger partial charge in [0.2, 0.25) is 0 Å². The Balaban J connectivity index is 1.69. The molecule has 0 N–H and O–H groups in total. The fourth-order valence-corrected chi connectivity index (χ4v) is 2.40. The lowest BCUT2D eigenvalue weighted by Crippen LogP contribution is -2.22. The van der Waals surface area contributed by atoms with Gasteiger partial charge in [0.05, 0.1) is 18.8 Å². The van der Waals surface area contributed by atoms with Crippen LogP contribution < -0.4 is 10.3 Å². The second-order valence-electron chi connectivity index (χ2n) is 5.58. The van der Waals surface area contributed by atoms with Crippen molar-refractivity contribution < 1.29 is 18.3 Å². The third-order valence-electron chi connectivity index (χ3n) is 3.59. The van der Waals surface area contributed by atoms with Crippen molar-refractivity contribution in [2.24, 2.45) is 0 Å². The number of nitrogens with zero attached hydrogens (tertiary/aromatic N) is 4. The number of ether oxygens (including phenoxy) is 2. The van der Waals surface area contributed by atoms with Gasteiger partial charge in [-0.2, -0.15) is 13.9 Å². The minimum atomic E-state index is -2.85. The zero-order chi connectivity index (χ0) is 19.9. The first-order chi connectivity index (χ1) is 13.5. The summed E-state index contributed by atoms with van der Waals surface area (Å²) in [6.07, 6.45) is 2.94. The molecule has 0 saturated carbocycles. The molecule has 7 nitrogen and oxygen atoms in total. The van der Waals surface area contributed by atoms with Crippen molar-refractivity contribution >= 4 is 11.6 Å². The fraction of sp³-hybridized carbons (Fsp3) is 0.222. The highest BCUT2D eigenvalue weighted by Gasteiger charge is 2.07. The Kier molecular flexibility index (Phi) is 6.62. The number of hydrogen-bond acceptors (Lipinski definition) is 6. The molecule has 0 unspecified atom stereocenters. The van der Waals surface area contributed by atoms with Gasteiger partial charge in [0.15, 0.2) is 0 Å². The summed E-state index contributed by atoms with van der Waals surface area (Å²) < 4.78 is 34.3. The van der Waals surface area contributed by atoms with Gasteiger partial charge in [-0.25, -0.2) is 14.6 Å². The maximum absolute atomic E-state index is 12.1. The highest BCUT2D eigenvalue weighted by atomic mass is 35.5. The molecule has 0 aliphatic rings. The van der Waals surface area contributed by atoms with Gasteiger partial charge in [0, 0.05) is 29.0 Å². The minimum absolute atomic E-state index is 0.0242. The molecule has 146 valence electrons. The number of benzene rings is 1. The van der Waals surface area contributed by atoms with Crippen molar-refractivity contribution in [3.8, 4) is 17.3 Å². The Labute approximate surface area is 163 Å². The first-order valence-electron chi connectivity index (χ1n) is 8.19. The summed E-state index contributed by atoms with van der Waals surface area (Å²) in [5, 5.41) is 4.94. The molecule has 0 fully saturated rings. The third kappa shape index (κ3) is 5.54. The van der Waals surface area contributed by atoms with E-state index in [1.807, 2.05) is 12.1 Å². The van der Waals surface area contributed by atoms with E-state index in [1.165, 1.54) is 23.1 Å². The molecule has 2 aromatic heterocycles. The second-order valence-corrected chi connectivity index (χ2v) is 6.01. The van der Waals surface area contributed by atoms with E-state index in [2.05, 4.69) is 19.8 Å². The predicted molar refractivity (Wildman–Crippen MR) is 97.5 cm³/mol. The van der Waals surface area contributed by atoms with Crippen LogP contribution in [0, 0.1) is 0 Å². The molecular weight excluding hydrogens is 394 g/mol. The van der Waals surface area contributed by atoms with Crippen LogP contribution in [0.15, 0.2) is 53.6 Å². The molecule has 3 rings (SSSR count). The third-order valence-corrected chi connectivity index (χ3v) is 3.85. The minimum Gasteiger partial charge on any atom is -0.461 e. The van der Waals surface area contributed by atoms with Crippen LogP contribution in [0.1, 0.15) is 5.56 Å². The van der Waals surface area contributed by atoms with Gasteiger partial charge in [-0.05, 0) is 23.8 Å². The topological polar surface area (TPSA) is 79.1 Å². The first-order valence-corrected chi connectivity index (χ1v) is 8.56. The van der Waals surface area contributed by atoms with E-state index in [4.69, 9.17) is 16.3 Å². The average molecular weight is 409 g/mol. The molecule has 2 heterocycles. The molecule has 0 amide bonds. The summed E-state index contributed by atoms with van der Waals surface area (Å²) in [5.74, 6) is 0. The van der Waals surface area contributed by atoms with E-state index in [9.17, 15) is 13.6 Å². The van der Waals surface area contributed by atoms with Crippen molar-refractivity contribution in [3.63, 3.8) is 0 Å². The summed E-state index contributed by atoms with van der Waals surface area (Å²) in [6, 6.07) is 10.1. The van der Waals surface area contributed by atoms with Gasteiger partial charge in [0.1, 0.15) is 6.61 Å². The normalized spacial score (nSPS) is 11.0. The molecule has 28 heavy (non-hydrogen) atoms. The van der Waals surface area contributed by atoms with E-state index in [-0.39, 0.29) is 31.3 Å². The Morgan fingerprint density at radius 2 is 1.75 bits per heavy atom. The van der Waals surface area contributed by atoms with E-state index < -0.39 is 6.61 Å². The maximum atomic E-state index is 12.1. The van der Waals surface area contributed by atoms with Crippen molar-refractivity contribution in [1.82, 2.24) is 19.7 Å². The van der Waals surface area contributed by atoms with Gasteiger partial charge in [0.25, 0.3) is 5.56 Å².